The molecule has 0 saturated carbocycles. The van der Waals surface area contributed by atoms with Crippen LogP contribution in [0, 0.1) is 5.92 Å². The van der Waals surface area contributed by atoms with Crippen molar-refractivity contribution in [1.82, 2.24) is 10.2 Å². The second-order valence-electron chi connectivity index (χ2n) is 5.24. The quantitative estimate of drug-likeness (QED) is 0.841. The monoisotopic (exact) mass is 264 g/mol. The standard InChI is InChI=1S/C15H24N2O2/c1-16-15-11-19-10-13(15)9-17(2)8-12-5-4-6-14(7-12)18-3/h4-7,13,15-16H,8-11H2,1-3H3. The van der Waals surface area contributed by atoms with Crippen LogP contribution in [0.5, 0.6) is 5.75 Å². The van der Waals surface area contributed by atoms with Gasteiger partial charge in [0.1, 0.15) is 5.75 Å². The number of nitrogens with one attached hydrogen (secondary N) is 1. The molecule has 1 heterocycles. The SMILES string of the molecule is CNC1COCC1CN(C)Cc1cccc(OC)c1. The van der Waals surface area contributed by atoms with E-state index >= 15 is 0 Å². The van der Waals surface area contributed by atoms with Crippen molar-refractivity contribution >= 4 is 0 Å². The molecule has 106 valence electrons. The van der Waals surface area contributed by atoms with Gasteiger partial charge in [-0.1, -0.05) is 12.1 Å². The van der Waals surface area contributed by atoms with Gasteiger partial charge in [-0.2, -0.15) is 0 Å². The van der Waals surface area contributed by atoms with Crippen LogP contribution in [-0.2, 0) is 11.3 Å². The van der Waals surface area contributed by atoms with E-state index in [9.17, 15) is 0 Å². The fraction of sp³-hybridized carbons (Fsp3) is 0.600. The number of rotatable bonds is 6. The fourth-order valence-corrected chi connectivity index (χ4v) is 2.64. The molecule has 0 spiro atoms. The van der Waals surface area contributed by atoms with Crippen molar-refractivity contribution in [2.75, 3.05) is 41.0 Å². The van der Waals surface area contributed by atoms with Crippen molar-refractivity contribution in [2.24, 2.45) is 5.92 Å². The van der Waals surface area contributed by atoms with Crippen LogP contribution >= 0.6 is 0 Å². The smallest absolute Gasteiger partial charge is 0.119 e. The van der Waals surface area contributed by atoms with Gasteiger partial charge in [-0.25, -0.2) is 0 Å². The van der Waals surface area contributed by atoms with Gasteiger partial charge in [0.15, 0.2) is 0 Å². The number of likely N-dealkylation sites (N-methyl/N-ethyl adjacent to an activating group) is 1. The summed E-state index contributed by atoms with van der Waals surface area (Å²) in [6, 6.07) is 8.73. The van der Waals surface area contributed by atoms with E-state index in [1.807, 2.05) is 19.2 Å². The second kappa shape index (κ2) is 6.89. The molecular formula is C15H24N2O2. The van der Waals surface area contributed by atoms with Crippen LogP contribution < -0.4 is 10.1 Å². The van der Waals surface area contributed by atoms with Gasteiger partial charge in [-0.15, -0.1) is 0 Å². The van der Waals surface area contributed by atoms with Gasteiger partial charge in [0, 0.05) is 25.0 Å². The highest BCUT2D eigenvalue weighted by molar-refractivity contribution is 5.28. The van der Waals surface area contributed by atoms with Crippen molar-refractivity contribution in [2.45, 2.75) is 12.6 Å². The molecule has 1 aliphatic rings. The van der Waals surface area contributed by atoms with Gasteiger partial charge < -0.3 is 19.7 Å². The lowest BCUT2D eigenvalue weighted by molar-refractivity contribution is 0.172. The first-order chi connectivity index (χ1) is 9.22. The third kappa shape index (κ3) is 3.93. The van der Waals surface area contributed by atoms with Gasteiger partial charge in [0.25, 0.3) is 0 Å². The van der Waals surface area contributed by atoms with E-state index in [0.717, 1.165) is 32.1 Å². The normalized spacial score (nSPS) is 22.9. The molecule has 1 aromatic carbocycles. The molecule has 19 heavy (non-hydrogen) atoms. The molecule has 2 atom stereocenters. The van der Waals surface area contributed by atoms with Crippen LogP contribution in [-0.4, -0.2) is 51.9 Å². The van der Waals surface area contributed by atoms with E-state index in [2.05, 4.69) is 29.4 Å². The molecule has 0 amide bonds. The van der Waals surface area contributed by atoms with E-state index in [-0.39, 0.29) is 0 Å². The second-order valence-corrected chi connectivity index (χ2v) is 5.24. The Morgan fingerprint density at radius 2 is 2.26 bits per heavy atom. The number of benzene rings is 1. The molecule has 0 bridgehead atoms. The summed E-state index contributed by atoms with van der Waals surface area (Å²) in [4.78, 5) is 2.35. The Hall–Kier alpha value is -1.10. The maximum Gasteiger partial charge on any atom is 0.119 e. The lowest BCUT2D eigenvalue weighted by atomic mass is 10.0. The summed E-state index contributed by atoms with van der Waals surface area (Å²) in [5.41, 5.74) is 1.28. The number of hydrogen-bond donors (Lipinski definition) is 1. The van der Waals surface area contributed by atoms with E-state index in [0.29, 0.717) is 12.0 Å². The Kier molecular flexibility index (Phi) is 5.19. The largest absolute Gasteiger partial charge is 0.497 e. The molecule has 1 N–H and O–H groups in total. The maximum absolute atomic E-state index is 5.54. The fourth-order valence-electron chi connectivity index (χ4n) is 2.64. The molecule has 1 aliphatic heterocycles. The third-order valence-corrected chi connectivity index (χ3v) is 3.70. The summed E-state index contributed by atoms with van der Waals surface area (Å²) in [5.74, 6) is 1.49. The molecule has 2 rings (SSSR count). The van der Waals surface area contributed by atoms with Crippen LogP contribution in [0.15, 0.2) is 24.3 Å². The first-order valence-electron chi connectivity index (χ1n) is 6.79. The lowest BCUT2D eigenvalue weighted by Gasteiger charge is -2.24. The van der Waals surface area contributed by atoms with Gasteiger partial charge >= 0.3 is 0 Å². The molecule has 4 heteroatoms. The third-order valence-electron chi connectivity index (χ3n) is 3.70. The van der Waals surface area contributed by atoms with Crippen molar-refractivity contribution in [3.05, 3.63) is 29.8 Å². The first kappa shape index (κ1) is 14.3. The first-order valence-corrected chi connectivity index (χ1v) is 6.79. The minimum atomic E-state index is 0.479. The molecule has 0 aliphatic carbocycles. The highest BCUT2D eigenvalue weighted by Crippen LogP contribution is 2.17. The number of nitrogens with zero attached hydrogens (tertiary/aromatic N) is 1. The van der Waals surface area contributed by atoms with Gasteiger partial charge in [-0.3, -0.25) is 0 Å². The van der Waals surface area contributed by atoms with Crippen LogP contribution in [0.3, 0.4) is 0 Å². The molecular weight excluding hydrogens is 240 g/mol. The summed E-state index contributed by atoms with van der Waals surface area (Å²) < 4.78 is 10.8. The zero-order valence-electron chi connectivity index (χ0n) is 12.1. The van der Waals surface area contributed by atoms with Gasteiger partial charge in [-0.05, 0) is 31.8 Å². The minimum absolute atomic E-state index is 0.479. The predicted molar refractivity (Wildman–Crippen MR) is 76.5 cm³/mol. The van der Waals surface area contributed by atoms with Crippen molar-refractivity contribution < 1.29 is 9.47 Å². The molecule has 4 nitrogen and oxygen atoms in total. The zero-order valence-corrected chi connectivity index (χ0v) is 12.1. The molecule has 0 radical (unpaired) electrons. The van der Waals surface area contributed by atoms with Gasteiger partial charge in [0.05, 0.1) is 20.3 Å². The predicted octanol–water partition coefficient (Wildman–Crippen LogP) is 1.36. The van der Waals surface area contributed by atoms with E-state index in [1.165, 1.54) is 5.56 Å². The van der Waals surface area contributed by atoms with Gasteiger partial charge in [0.2, 0.25) is 0 Å². The van der Waals surface area contributed by atoms with E-state index in [1.54, 1.807) is 7.11 Å². The zero-order chi connectivity index (χ0) is 13.7. The van der Waals surface area contributed by atoms with E-state index < -0.39 is 0 Å². The molecule has 2 unspecified atom stereocenters. The minimum Gasteiger partial charge on any atom is -0.497 e. The average molecular weight is 264 g/mol. The highest BCUT2D eigenvalue weighted by atomic mass is 16.5. The van der Waals surface area contributed by atoms with Crippen LogP contribution in [0.25, 0.3) is 0 Å². The summed E-state index contributed by atoms with van der Waals surface area (Å²) in [7, 11) is 5.87. The molecule has 0 aromatic heterocycles. The lowest BCUT2D eigenvalue weighted by Crippen LogP contribution is -2.38. The summed E-state index contributed by atoms with van der Waals surface area (Å²) >= 11 is 0. The average Bonchev–Trinajstić information content (AvgIpc) is 2.86. The summed E-state index contributed by atoms with van der Waals surface area (Å²) in [6.45, 7) is 3.66. The molecule has 1 aromatic rings. The van der Waals surface area contributed by atoms with Crippen LogP contribution in [0.4, 0.5) is 0 Å². The summed E-state index contributed by atoms with van der Waals surface area (Å²) in [5, 5.41) is 3.33. The topological polar surface area (TPSA) is 33.7 Å². The number of ether oxygens (including phenoxy) is 2. The number of hydrogen-bond acceptors (Lipinski definition) is 4. The Morgan fingerprint density at radius 1 is 1.42 bits per heavy atom. The Bertz CT molecular complexity index is 397. The van der Waals surface area contributed by atoms with Crippen LogP contribution in [0.2, 0.25) is 0 Å². The molecule has 1 fully saturated rings. The Labute approximate surface area is 115 Å². The summed E-state index contributed by atoms with van der Waals surface area (Å²) in [6.07, 6.45) is 0. The number of methoxy groups -OCH3 is 1. The van der Waals surface area contributed by atoms with Crippen molar-refractivity contribution in [1.29, 1.82) is 0 Å². The van der Waals surface area contributed by atoms with E-state index in [4.69, 9.17) is 9.47 Å². The Morgan fingerprint density at radius 3 is 3.00 bits per heavy atom. The maximum atomic E-state index is 5.54. The van der Waals surface area contributed by atoms with Crippen molar-refractivity contribution in [3.8, 4) is 5.75 Å². The van der Waals surface area contributed by atoms with Crippen LogP contribution in [0.1, 0.15) is 5.56 Å². The molecule has 1 saturated heterocycles. The van der Waals surface area contributed by atoms with Crippen molar-refractivity contribution in [3.63, 3.8) is 0 Å². The Balaban J connectivity index is 1.88. The highest BCUT2D eigenvalue weighted by Gasteiger charge is 2.27.